The normalized spacial score (nSPS) is 11.4. The molecule has 0 N–H and O–H groups in total. The monoisotopic (exact) mass is 344 g/mol. The lowest BCUT2D eigenvalue weighted by Gasteiger charge is -2.20. The molecule has 0 fully saturated rings. The number of azo groups is 1. The predicted molar refractivity (Wildman–Crippen MR) is 97.1 cm³/mol. The molecule has 2 aromatic heterocycles. The molecule has 2 heterocycles. The molecule has 23 heavy (non-hydrogen) atoms. The molecule has 3 aromatic rings. The molecule has 118 valence electrons. The number of rotatable bonds is 6. The summed E-state index contributed by atoms with van der Waals surface area (Å²) < 4.78 is 0.975. The van der Waals surface area contributed by atoms with E-state index in [1.807, 2.05) is 18.2 Å². The molecular formula is C16H16N4OS2. The summed E-state index contributed by atoms with van der Waals surface area (Å²) in [6.45, 7) is 6.24. The van der Waals surface area contributed by atoms with E-state index in [0.717, 1.165) is 34.6 Å². The van der Waals surface area contributed by atoms with E-state index < -0.39 is 0 Å². The van der Waals surface area contributed by atoms with Crippen molar-refractivity contribution in [3.05, 3.63) is 35.2 Å². The number of nitrogens with zero attached hydrogens (tertiary/aromatic N) is 4. The highest BCUT2D eigenvalue weighted by atomic mass is 32.1. The largest absolute Gasteiger partial charge is 0.372 e. The molecule has 0 saturated carbocycles. The fourth-order valence-electron chi connectivity index (χ4n) is 2.26. The van der Waals surface area contributed by atoms with Crippen LogP contribution in [0, 0.1) is 0 Å². The quantitative estimate of drug-likeness (QED) is 0.442. The van der Waals surface area contributed by atoms with Gasteiger partial charge >= 0.3 is 0 Å². The summed E-state index contributed by atoms with van der Waals surface area (Å²) in [5.74, 6) is 0. The average molecular weight is 344 g/mol. The fraction of sp³-hybridized carbons (Fsp3) is 0.250. The zero-order valence-corrected chi connectivity index (χ0v) is 14.5. The Hall–Kier alpha value is -2.12. The van der Waals surface area contributed by atoms with Gasteiger partial charge in [0.2, 0.25) is 5.13 Å². The van der Waals surface area contributed by atoms with E-state index in [9.17, 15) is 4.79 Å². The van der Waals surface area contributed by atoms with Gasteiger partial charge in [0.05, 0.1) is 15.3 Å². The van der Waals surface area contributed by atoms with Crippen molar-refractivity contribution in [2.75, 3.05) is 18.0 Å². The lowest BCUT2D eigenvalue weighted by atomic mass is 10.2. The number of carbonyl (C=O) groups excluding carboxylic acids is 1. The fourth-order valence-corrected chi connectivity index (χ4v) is 4.12. The Bertz CT molecular complexity index is 800. The summed E-state index contributed by atoms with van der Waals surface area (Å²) in [5.41, 5.74) is 1.98. The minimum absolute atomic E-state index is 0.608. The van der Waals surface area contributed by atoms with Crippen LogP contribution >= 0.6 is 22.7 Å². The van der Waals surface area contributed by atoms with Gasteiger partial charge in [-0.25, -0.2) is 4.98 Å². The molecule has 0 saturated heterocycles. The molecule has 7 heteroatoms. The van der Waals surface area contributed by atoms with Gasteiger partial charge < -0.3 is 4.90 Å². The van der Waals surface area contributed by atoms with E-state index in [0.29, 0.717) is 10.0 Å². The van der Waals surface area contributed by atoms with Crippen LogP contribution in [0.3, 0.4) is 0 Å². The molecule has 0 atom stereocenters. The van der Waals surface area contributed by atoms with Crippen LogP contribution in [-0.4, -0.2) is 24.4 Å². The Labute approximate surface area is 142 Å². The molecule has 0 aliphatic carbocycles. The zero-order valence-electron chi connectivity index (χ0n) is 12.9. The summed E-state index contributed by atoms with van der Waals surface area (Å²) in [5, 5.41) is 9.04. The van der Waals surface area contributed by atoms with Crippen LogP contribution in [0.4, 0.5) is 16.5 Å². The Morgan fingerprint density at radius 3 is 2.48 bits per heavy atom. The second-order valence-electron chi connectivity index (χ2n) is 4.82. The van der Waals surface area contributed by atoms with Gasteiger partial charge in [0.1, 0.15) is 4.83 Å². The third-order valence-corrected chi connectivity index (χ3v) is 5.41. The van der Waals surface area contributed by atoms with Crippen LogP contribution in [0.15, 0.2) is 40.6 Å². The van der Waals surface area contributed by atoms with Crippen molar-refractivity contribution in [3.8, 4) is 0 Å². The number of aldehydes is 1. The van der Waals surface area contributed by atoms with Crippen molar-refractivity contribution in [2.45, 2.75) is 13.8 Å². The summed E-state index contributed by atoms with van der Waals surface area (Å²) in [6.07, 6.45) is 0.845. The summed E-state index contributed by atoms with van der Waals surface area (Å²) in [7, 11) is 0. The number of benzene rings is 1. The van der Waals surface area contributed by atoms with Gasteiger partial charge in [-0.2, -0.15) is 0 Å². The van der Waals surface area contributed by atoms with Gasteiger partial charge in [-0.05, 0) is 44.2 Å². The lowest BCUT2D eigenvalue weighted by molar-refractivity contribution is 0.112. The number of thiophene rings is 1. The SMILES string of the molecule is CCN(CC)c1ccc(N=Nc2nc3sc(C=O)cc3s2)cc1. The van der Waals surface area contributed by atoms with Crippen molar-refractivity contribution in [2.24, 2.45) is 10.2 Å². The van der Waals surface area contributed by atoms with Crippen LogP contribution in [0.2, 0.25) is 0 Å². The first-order chi connectivity index (χ1) is 11.2. The molecule has 1 aromatic carbocycles. The Morgan fingerprint density at radius 1 is 1.13 bits per heavy atom. The van der Waals surface area contributed by atoms with Gasteiger partial charge in [-0.15, -0.1) is 21.6 Å². The van der Waals surface area contributed by atoms with Crippen LogP contribution in [0.1, 0.15) is 23.5 Å². The van der Waals surface area contributed by atoms with E-state index >= 15 is 0 Å². The topological polar surface area (TPSA) is 57.9 Å². The highest BCUT2D eigenvalue weighted by Crippen LogP contribution is 2.34. The third-order valence-electron chi connectivity index (χ3n) is 3.44. The second-order valence-corrected chi connectivity index (χ2v) is 6.89. The van der Waals surface area contributed by atoms with Crippen molar-refractivity contribution in [1.82, 2.24) is 4.98 Å². The first kappa shape index (κ1) is 15.8. The Kier molecular flexibility index (Phi) is 4.78. The number of anilines is 1. The number of fused-ring (bicyclic) bond motifs is 1. The lowest BCUT2D eigenvalue weighted by Crippen LogP contribution is -2.21. The van der Waals surface area contributed by atoms with Crippen molar-refractivity contribution < 1.29 is 4.79 Å². The average Bonchev–Trinajstić information content (AvgIpc) is 3.13. The first-order valence-electron chi connectivity index (χ1n) is 7.35. The van der Waals surface area contributed by atoms with Crippen LogP contribution in [0.5, 0.6) is 0 Å². The van der Waals surface area contributed by atoms with Crippen LogP contribution in [0.25, 0.3) is 9.53 Å². The number of hydrogen-bond acceptors (Lipinski definition) is 7. The molecule has 5 nitrogen and oxygen atoms in total. The van der Waals surface area contributed by atoms with E-state index in [4.69, 9.17) is 0 Å². The molecule has 0 spiro atoms. The maximum atomic E-state index is 10.7. The molecule has 0 amide bonds. The number of hydrogen-bond donors (Lipinski definition) is 0. The van der Waals surface area contributed by atoms with Gasteiger partial charge in [-0.3, -0.25) is 4.79 Å². The number of aromatic nitrogens is 1. The highest BCUT2D eigenvalue weighted by molar-refractivity contribution is 7.29. The van der Waals surface area contributed by atoms with Crippen molar-refractivity contribution in [3.63, 3.8) is 0 Å². The van der Waals surface area contributed by atoms with E-state index in [-0.39, 0.29) is 0 Å². The molecular weight excluding hydrogens is 328 g/mol. The van der Waals surface area contributed by atoms with Gasteiger partial charge in [0.15, 0.2) is 6.29 Å². The van der Waals surface area contributed by atoms with Gasteiger partial charge in [0.25, 0.3) is 0 Å². The highest BCUT2D eigenvalue weighted by Gasteiger charge is 2.07. The van der Waals surface area contributed by atoms with Gasteiger partial charge in [0, 0.05) is 18.8 Å². The maximum Gasteiger partial charge on any atom is 0.231 e. The maximum absolute atomic E-state index is 10.7. The first-order valence-corrected chi connectivity index (χ1v) is 8.99. The Morgan fingerprint density at radius 2 is 1.87 bits per heavy atom. The molecule has 0 aliphatic rings. The molecule has 0 bridgehead atoms. The Balaban J connectivity index is 1.75. The predicted octanol–water partition coefficient (Wildman–Crippen LogP) is 5.43. The minimum Gasteiger partial charge on any atom is -0.372 e. The van der Waals surface area contributed by atoms with E-state index in [1.165, 1.54) is 28.4 Å². The smallest absolute Gasteiger partial charge is 0.231 e. The third kappa shape index (κ3) is 3.46. The number of carbonyl (C=O) groups is 1. The van der Waals surface area contributed by atoms with E-state index in [1.54, 1.807) is 0 Å². The van der Waals surface area contributed by atoms with Crippen LogP contribution < -0.4 is 4.90 Å². The van der Waals surface area contributed by atoms with E-state index in [2.05, 4.69) is 46.1 Å². The molecule has 0 unspecified atom stereocenters. The number of thiazole rings is 1. The second kappa shape index (κ2) is 6.97. The summed E-state index contributed by atoms with van der Waals surface area (Å²) in [6, 6.07) is 9.86. The summed E-state index contributed by atoms with van der Waals surface area (Å²) in [4.78, 5) is 18.9. The van der Waals surface area contributed by atoms with Gasteiger partial charge in [-0.1, -0.05) is 11.3 Å². The van der Waals surface area contributed by atoms with Crippen molar-refractivity contribution >= 4 is 55.0 Å². The molecule has 0 aliphatic heterocycles. The van der Waals surface area contributed by atoms with Crippen molar-refractivity contribution in [1.29, 1.82) is 0 Å². The molecule has 3 rings (SSSR count). The molecule has 0 radical (unpaired) electrons. The minimum atomic E-state index is 0.608. The standard InChI is InChI=1S/C16H16N4OS2/c1-3-20(4-2)12-7-5-11(6-8-12)18-19-16-17-15-14(23-16)9-13(10-21)22-15/h5-10H,3-4H2,1-2H3. The van der Waals surface area contributed by atoms with Crippen LogP contribution in [-0.2, 0) is 0 Å². The zero-order chi connectivity index (χ0) is 16.2. The summed E-state index contributed by atoms with van der Waals surface area (Å²) >= 11 is 2.81.